The fourth-order valence-corrected chi connectivity index (χ4v) is 1.09. The highest BCUT2D eigenvalue weighted by Gasteiger charge is 1.94. The number of hydrogen-bond donors (Lipinski definition) is 0. The number of rotatable bonds is 1. The molecule has 0 amide bonds. The topological polar surface area (TPSA) is 30.2 Å². The average Bonchev–Trinajstić information content (AvgIpc) is 2.50. The minimum atomic E-state index is 1.06. The third-order valence-electron chi connectivity index (χ3n) is 1.77. The molecule has 3 heteroatoms. The van der Waals surface area contributed by atoms with Gasteiger partial charge in [0.1, 0.15) is 0 Å². The van der Waals surface area contributed by atoms with Gasteiger partial charge in [-0.2, -0.15) is 0 Å². The molecule has 0 fully saturated rings. The molecule has 2 rings (SSSR count). The summed E-state index contributed by atoms with van der Waals surface area (Å²) in [7, 11) is 0. The Labute approximate surface area is 64.7 Å². The van der Waals surface area contributed by atoms with Crippen LogP contribution in [0.3, 0.4) is 0 Å². The average molecular weight is 147 g/mol. The van der Waals surface area contributed by atoms with Gasteiger partial charge in [0.05, 0.1) is 11.7 Å². The third-order valence-corrected chi connectivity index (χ3v) is 1.77. The summed E-state index contributed by atoms with van der Waals surface area (Å²) in [4.78, 5) is 0. The molecule has 3 nitrogen and oxygen atoms in total. The van der Waals surface area contributed by atoms with E-state index in [-0.39, 0.29) is 0 Å². The highest BCUT2D eigenvalue weighted by atomic mass is 15.4. The van der Waals surface area contributed by atoms with Crippen molar-refractivity contribution in [2.75, 3.05) is 0 Å². The maximum atomic E-state index is 3.86. The zero-order chi connectivity index (χ0) is 7.68. The lowest BCUT2D eigenvalue weighted by atomic mass is 10.2. The lowest BCUT2D eigenvalue weighted by Crippen LogP contribution is -1.88. The minimum absolute atomic E-state index is 1.06. The third kappa shape index (κ3) is 0.981. The molecular formula is C8H9N3. The Balaban J connectivity index is 2.67. The van der Waals surface area contributed by atoms with Crippen LogP contribution in [0.15, 0.2) is 24.5 Å². The Hall–Kier alpha value is -1.38. The minimum Gasteiger partial charge on any atom is -0.221 e. The molecule has 0 aliphatic carbocycles. The number of aromatic nitrogens is 3. The largest absolute Gasteiger partial charge is 0.221 e. The van der Waals surface area contributed by atoms with Gasteiger partial charge < -0.3 is 0 Å². The second-order valence-corrected chi connectivity index (χ2v) is 2.49. The van der Waals surface area contributed by atoms with Crippen molar-refractivity contribution in [1.29, 1.82) is 0 Å². The Morgan fingerprint density at radius 3 is 3.27 bits per heavy atom. The first-order valence-electron chi connectivity index (χ1n) is 3.69. The second-order valence-electron chi connectivity index (χ2n) is 2.49. The van der Waals surface area contributed by atoms with E-state index in [0.29, 0.717) is 0 Å². The van der Waals surface area contributed by atoms with Crippen molar-refractivity contribution >= 4 is 5.52 Å². The van der Waals surface area contributed by atoms with E-state index in [1.165, 1.54) is 5.56 Å². The van der Waals surface area contributed by atoms with Gasteiger partial charge in [-0.25, -0.2) is 4.52 Å². The van der Waals surface area contributed by atoms with Crippen LogP contribution in [0.1, 0.15) is 12.5 Å². The van der Waals surface area contributed by atoms with Crippen molar-refractivity contribution in [3.8, 4) is 0 Å². The van der Waals surface area contributed by atoms with Crippen molar-refractivity contribution in [3.05, 3.63) is 30.1 Å². The van der Waals surface area contributed by atoms with Gasteiger partial charge in [-0.15, -0.1) is 5.10 Å². The Morgan fingerprint density at radius 2 is 2.45 bits per heavy atom. The molecular weight excluding hydrogens is 138 g/mol. The van der Waals surface area contributed by atoms with Crippen LogP contribution in [-0.4, -0.2) is 14.8 Å². The predicted molar refractivity (Wildman–Crippen MR) is 42.4 cm³/mol. The van der Waals surface area contributed by atoms with Gasteiger partial charge in [-0.1, -0.05) is 12.1 Å². The monoisotopic (exact) mass is 147 g/mol. The highest BCUT2D eigenvalue weighted by Crippen LogP contribution is 2.04. The van der Waals surface area contributed by atoms with Gasteiger partial charge in [-0.05, 0) is 24.1 Å². The van der Waals surface area contributed by atoms with Crippen LogP contribution in [-0.2, 0) is 6.42 Å². The molecule has 2 heterocycles. The van der Waals surface area contributed by atoms with Gasteiger partial charge in [0.2, 0.25) is 0 Å². The summed E-state index contributed by atoms with van der Waals surface area (Å²) in [5.74, 6) is 0. The first-order chi connectivity index (χ1) is 5.40. The van der Waals surface area contributed by atoms with Crippen molar-refractivity contribution in [2.24, 2.45) is 0 Å². The van der Waals surface area contributed by atoms with Crippen LogP contribution < -0.4 is 0 Å². The number of nitrogens with zero attached hydrogens (tertiary/aromatic N) is 3. The van der Waals surface area contributed by atoms with Crippen LogP contribution in [0.2, 0.25) is 0 Å². The second kappa shape index (κ2) is 2.34. The molecule has 11 heavy (non-hydrogen) atoms. The molecule has 0 aromatic carbocycles. The van der Waals surface area contributed by atoms with Crippen molar-refractivity contribution in [1.82, 2.24) is 14.8 Å². The molecule has 0 saturated carbocycles. The normalized spacial score (nSPS) is 10.6. The summed E-state index contributed by atoms with van der Waals surface area (Å²) in [6, 6.07) is 4.15. The molecule has 0 aliphatic rings. The maximum absolute atomic E-state index is 3.86. The molecule has 2 aromatic rings. The highest BCUT2D eigenvalue weighted by molar-refractivity contribution is 5.45. The van der Waals surface area contributed by atoms with E-state index in [4.69, 9.17) is 0 Å². The van der Waals surface area contributed by atoms with Crippen molar-refractivity contribution in [3.63, 3.8) is 0 Å². The molecule has 0 spiro atoms. The quantitative estimate of drug-likeness (QED) is 0.608. The van der Waals surface area contributed by atoms with E-state index in [9.17, 15) is 0 Å². The van der Waals surface area contributed by atoms with E-state index in [0.717, 1.165) is 11.9 Å². The fraction of sp³-hybridized carbons (Fsp3) is 0.250. The van der Waals surface area contributed by atoms with Gasteiger partial charge in [0.15, 0.2) is 0 Å². The Kier molecular flexibility index (Phi) is 1.35. The van der Waals surface area contributed by atoms with Crippen LogP contribution in [0.5, 0.6) is 0 Å². The van der Waals surface area contributed by atoms with E-state index in [1.54, 1.807) is 10.7 Å². The van der Waals surface area contributed by atoms with E-state index < -0.39 is 0 Å². The Morgan fingerprint density at radius 1 is 1.55 bits per heavy atom. The summed E-state index contributed by atoms with van der Waals surface area (Å²) in [5.41, 5.74) is 2.38. The lowest BCUT2D eigenvalue weighted by molar-refractivity contribution is 0.852. The number of aryl methyl sites for hydroxylation is 1. The number of pyridine rings is 1. The molecule has 0 atom stereocenters. The van der Waals surface area contributed by atoms with Gasteiger partial charge in [0, 0.05) is 6.20 Å². The predicted octanol–water partition coefficient (Wildman–Crippen LogP) is 1.29. The van der Waals surface area contributed by atoms with E-state index >= 15 is 0 Å². The molecule has 0 bridgehead atoms. The fourth-order valence-electron chi connectivity index (χ4n) is 1.09. The summed E-state index contributed by atoms with van der Waals surface area (Å²) in [6.45, 7) is 2.13. The van der Waals surface area contributed by atoms with E-state index in [2.05, 4.69) is 29.4 Å². The van der Waals surface area contributed by atoms with Crippen LogP contribution in [0.4, 0.5) is 0 Å². The molecule has 0 unspecified atom stereocenters. The lowest BCUT2D eigenvalue weighted by Gasteiger charge is -1.95. The van der Waals surface area contributed by atoms with Gasteiger partial charge >= 0.3 is 0 Å². The number of hydrogen-bond acceptors (Lipinski definition) is 2. The molecule has 2 aromatic heterocycles. The molecule has 56 valence electrons. The van der Waals surface area contributed by atoms with Crippen LogP contribution in [0, 0.1) is 0 Å². The molecule has 0 saturated heterocycles. The van der Waals surface area contributed by atoms with Crippen LogP contribution >= 0.6 is 0 Å². The molecule has 0 N–H and O–H groups in total. The smallest absolute Gasteiger partial charge is 0.0867 e. The van der Waals surface area contributed by atoms with Crippen molar-refractivity contribution in [2.45, 2.75) is 13.3 Å². The first kappa shape index (κ1) is 6.34. The molecule has 0 aliphatic heterocycles. The van der Waals surface area contributed by atoms with Gasteiger partial charge in [-0.3, -0.25) is 0 Å². The number of fused-ring (bicyclic) bond motifs is 1. The summed E-state index contributed by atoms with van der Waals surface area (Å²) < 4.78 is 1.76. The van der Waals surface area contributed by atoms with Gasteiger partial charge in [0.25, 0.3) is 0 Å². The first-order valence-corrected chi connectivity index (χ1v) is 3.69. The summed E-state index contributed by atoms with van der Waals surface area (Å²) in [5, 5.41) is 7.65. The summed E-state index contributed by atoms with van der Waals surface area (Å²) in [6.07, 6.45) is 4.75. The zero-order valence-corrected chi connectivity index (χ0v) is 6.36. The standard InChI is InChI=1S/C8H9N3/c1-2-7-3-4-11-8(5-7)6-9-10-11/h3-6H,2H2,1H3. The summed E-state index contributed by atoms with van der Waals surface area (Å²) >= 11 is 0. The van der Waals surface area contributed by atoms with Crippen LogP contribution in [0.25, 0.3) is 5.52 Å². The van der Waals surface area contributed by atoms with Crippen molar-refractivity contribution < 1.29 is 0 Å². The van der Waals surface area contributed by atoms with E-state index in [1.807, 2.05) is 6.20 Å². The maximum Gasteiger partial charge on any atom is 0.0867 e. The Bertz CT molecular complexity index is 364. The molecule has 0 radical (unpaired) electrons. The SMILES string of the molecule is CCc1ccn2nncc2c1. The zero-order valence-electron chi connectivity index (χ0n) is 6.36.